The van der Waals surface area contributed by atoms with Crippen molar-refractivity contribution in [3.05, 3.63) is 34.6 Å². The Kier molecular flexibility index (Phi) is 1.81. The lowest BCUT2D eigenvalue weighted by Crippen LogP contribution is -1.86. The SMILES string of the molecule is Cc1ccc(Br)c2nccnc12. The largest absolute Gasteiger partial charge is 0.253 e. The predicted molar refractivity (Wildman–Crippen MR) is 52.0 cm³/mol. The number of halogens is 1. The molecule has 1 aromatic heterocycles. The quantitative estimate of drug-likeness (QED) is 0.686. The Morgan fingerprint density at radius 1 is 1.08 bits per heavy atom. The first-order valence-corrected chi connectivity index (χ1v) is 4.44. The molecule has 0 fully saturated rings. The molecule has 1 heterocycles. The maximum Gasteiger partial charge on any atom is 0.103 e. The minimum absolute atomic E-state index is 0.928. The Morgan fingerprint density at radius 3 is 2.42 bits per heavy atom. The number of benzene rings is 1. The minimum Gasteiger partial charge on any atom is -0.253 e. The lowest BCUT2D eigenvalue weighted by molar-refractivity contribution is 1.27. The van der Waals surface area contributed by atoms with Crippen LogP contribution >= 0.6 is 15.9 Å². The Labute approximate surface area is 78.8 Å². The fourth-order valence-corrected chi connectivity index (χ4v) is 1.58. The molecule has 0 aliphatic rings. The van der Waals surface area contributed by atoms with Gasteiger partial charge in [-0.3, -0.25) is 9.97 Å². The summed E-state index contributed by atoms with van der Waals surface area (Å²) in [6, 6.07) is 4.02. The van der Waals surface area contributed by atoms with Crippen molar-refractivity contribution >= 4 is 27.0 Å². The van der Waals surface area contributed by atoms with Crippen LogP contribution in [0.1, 0.15) is 5.56 Å². The standard InChI is InChI=1S/C9H7BrN2/c1-6-2-3-7(10)9-8(6)11-4-5-12-9/h2-5H,1H3. The first-order valence-electron chi connectivity index (χ1n) is 3.65. The van der Waals surface area contributed by atoms with Crippen LogP contribution in [-0.4, -0.2) is 9.97 Å². The van der Waals surface area contributed by atoms with Crippen LogP contribution in [0, 0.1) is 6.92 Å². The molecule has 12 heavy (non-hydrogen) atoms. The highest BCUT2D eigenvalue weighted by atomic mass is 79.9. The van der Waals surface area contributed by atoms with Crippen molar-refractivity contribution in [1.29, 1.82) is 0 Å². The molecule has 0 atom stereocenters. The summed E-state index contributed by atoms with van der Waals surface area (Å²) in [4.78, 5) is 8.48. The van der Waals surface area contributed by atoms with E-state index in [9.17, 15) is 0 Å². The molecule has 0 aliphatic carbocycles. The van der Waals surface area contributed by atoms with Gasteiger partial charge in [-0.15, -0.1) is 0 Å². The van der Waals surface area contributed by atoms with E-state index in [0.29, 0.717) is 0 Å². The van der Waals surface area contributed by atoms with E-state index in [2.05, 4.69) is 25.9 Å². The van der Waals surface area contributed by atoms with Gasteiger partial charge in [-0.25, -0.2) is 0 Å². The van der Waals surface area contributed by atoms with E-state index >= 15 is 0 Å². The fraction of sp³-hybridized carbons (Fsp3) is 0.111. The van der Waals surface area contributed by atoms with Gasteiger partial charge < -0.3 is 0 Å². The van der Waals surface area contributed by atoms with E-state index in [1.54, 1.807) is 12.4 Å². The van der Waals surface area contributed by atoms with Crippen LogP contribution < -0.4 is 0 Å². The Bertz CT molecular complexity index is 385. The Balaban J connectivity index is 2.95. The molecule has 2 rings (SSSR count). The zero-order valence-electron chi connectivity index (χ0n) is 6.58. The van der Waals surface area contributed by atoms with Gasteiger partial charge in [-0.2, -0.15) is 0 Å². The van der Waals surface area contributed by atoms with Crippen molar-refractivity contribution in [2.24, 2.45) is 0 Å². The van der Waals surface area contributed by atoms with E-state index in [4.69, 9.17) is 0 Å². The van der Waals surface area contributed by atoms with Crippen molar-refractivity contribution in [3.8, 4) is 0 Å². The second kappa shape index (κ2) is 2.83. The topological polar surface area (TPSA) is 25.8 Å². The maximum atomic E-state index is 4.25. The molecule has 0 amide bonds. The molecule has 0 spiro atoms. The molecule has 0 radical (unpaired) electrons. The molecule has 0 unspecified atom stereocenters. The van der Waals surface area contributed by atoms with Gasteiger partial charge in [0.1, 0.15) is 5.52 Å². The van der Waals surface area contributed by atoms with E-state index < -0.39 is 0 Å². The third-order valence-corrected chi connectivity index (χ3v) is 2.42. The van der Waals surface area contributed by atoms with Gasteiger partial charge in [0, 0.05) is 16.9 Å². The van der Waals surface area contributed by atoms with Crippen LogP contribution in [0.25, 0.3) is 11.0 Å². The van der Waals surface area contributed by atoms with E-state index in [0.717, 1.165) is 21.1 Å². The molecule has 0 N–H and O–H groups in total. The third-order valence-electron chi connectivity index (χ3n) is 1.78. The van der Waals surface area contributed by atoms with Gasteiger partial charge in [-0.1, -0.05) is 6.07 Å². The molecule has 0 saturated heterocycles. The summed E-state index contributed by atoms with van der Waals surface area (Å²) in [5, 5.41) is 0. The van der Waals surface area contributed by atoms with Crippen LogP contribution in [0.4, 0.5) is 0 Å². The van der Waals surface area contributed by atoms with Crippen molar-refractivity contribution in [2.45, 2.75) is 6.92 Å². The van der Waals surface area contributed by atoms with Crippen molar-refractivity contribution in [3.63, 3.8) is 0 Å². The fourth-order valence-electron chi connectivity index (χ4n) is 1.16. The molecule has 0 saturated carbocycles. The number of hydrogen-bond donors (Lipinski definition) is 0. The predicted octanol–water partition coefficient (Wildman–Crippen LogP) is 2.70. The summed E-state index contributed by atoms with van der Waals surface area (Å²) >= 11 is 3.43. The first-order chi connectivity index (χ1) is 5.79. The molecule has 2 aromatic rings. The zero-order chi connectivity index (χ0) is 8.55. The van der Waals surface area contributed by atoms with Crippen LogP contribution in [0.15, 0.2) is 29.0 Å². The number of hydrogen-bond acceptors (Lipinski definition) is 2. The van der Waals surface area contributed by atoms with Crippen LogP contribution in [0.2, 0.25) is 0 Å². The minimum atomic E-state index is 0.928. The van der Waals surface area contributed by atoms with Gasteiger partial charge in [0.15, 0.2) is 0 Å². The van der Waals surface area contributed by atoms with Crippen LogP contribution in [0.5, 0.6) is 0 Å². The van der Waals surface area contributed by atoms with Crippen molar-refractivity contribution in [1.82, 2.24) is 9.97 Å². The summed E-state index contributed by atoms with van der Waals surface area (Å²) < 4.78 is 0.996. The summed E-state index contributed by atoms with van der Waals surface area (Å²) in [5.41, 5.74) is 3.05. The monoisotopic (exact) mass is 222 g/mol. The molecule has 0 bridgehead atoms. The van der Waals surface area contributed by atoms with E-state index in [1.807, 2.05) is 19.1 Å². The number of nitrogens with zero attached hydrogens (tertiary/aromatic N) is 2. The highest BCUT2D eigenvalue weighted by molar-refractivity contribution is 9.10. The maximum absolute atomic E-state index is 4.25. The van der Waals surface area contributed by atoms with E-state index in [1.165, 1.54) is 0 Å². The van der Waals surface area contributed by atoms with Gasteiger partial charge in [0.2, 0.25) is 0 Å². The normalized spacial score (nSPS) is 10.5. The average molecular weight is 223 g/mol. The highest BCUT2D eigenvalue weighted by Gasteiger charge is 2.01. The summed E-state index contributed by atoms with van der Waals surface area (Å²) in [6.07, 6.45) is 3.41. The Morgan fingerprint density at radius 2 is 1.75 bits per heavy atom. The average Bonchev–Trinajstić information content (AvgIpc) is 2.12. The summed E-state index contributed by atoms with van der Waals surface area (Å²) in [6.45, 7) is 2.03. The molecule has 1 aromatic carbocycles. The number of aryl methyl sites for hydroxylation is 1. The Hall–Kier alpha value is -0.960. The van der Waals surface area contributed by atoms with Gasteiger partial charge >= 0.3 is 0 Å². The highest BCUT2D eigenvalue weighted by Crippen LogP contribution is 2.22. The second-order valence-corrected chi connectivity index (χ2v) is 3.47. The number of fused-ring (bicyclic) bond motifs is 1. The second-order valence-electron chi connectivity index (χ2n) is 2.62. The molecular weight excluding hydrogens is 216 g/mol. The van der Waals surface area contributed by atoms with Crippen molar-refractivity contribution in [2.75, 3.05) is 0 Å². The molecule has 0 aliphatic heterocycles. The summed E-state index contributed by atoms with van der Waals surface area (Å²) in [7, 11) is 0. The third kappa shape index (κ3) is 1.10. The smallest absolute Gasteiger partial charge is 0.103 e. The first kappa shape index (κ1) is 7.68. The molecular formula is C9H7BrN2. The van der Waals surface area contributed by atoms with Crippen LogP contribution in [0.3, 0.4) is 0 Å². The van der Waals surface area contributed by atoms with Gasteiger partial charge in [-0.05, 0) is 34.5 Å². The van der Waals surface area contributed by atoms with Crippen LogP contribution in [-0.2, 0) is 0 Å². The molecule has 2 nitrogen and oxygen atoms in total. The molecule has 3 heteroatoms. The lowest BCUT2D eigenvalue weighted by atomic mass is 10.2. The van der Waals surface area contributed by atoms with E-state index in [-0.39, 0.29) is 0 Å². The zero-order valence-corrected chi connectivity index (χ0v) is 8.17. The summed E-state index contributed by atoms with van der Waals surface area (Å²) in [5.74, 6) is 0. The van der Waals surface area contributed by atoms with Gasteiger partial charge in [0.25, 0.3) is 0 Å². The molecule has 60 valence electrons. The lowest BCUT2D eigenvalue weighted by Gasteiger charge is -2.00. The number of aromatic nitrogens is 2. The van der Waals surface area contributed by atoms with Crippen molar-refractivity contribution < 1.29 is 0 Å². The van der Waals surface area contributed by atoms with Gasteiger partial charge in [0.05, 0.1) is 5.52 Å². The number of rotatable bonds is 0.